The number of benzene rings is 2. The van der Waals surface area contributed by atoms with Crippen molar-refractivity contribution in [2.24, 2.45) is 4.99 Å². The van der Waals surface area contributed by atoms with Crippen LogP contribution in [-0.4, -0.2) is 65.6 Å². The minimum atomic E-state index is -3.34. The van der Waals surface area contributed by atoms with Gasteiger partial charge in [-0.25, -0.2) is 8.42 Å². The van der Waals surface area contributed by atoms with E-state index >= 15 is 0 Å². The van der Waals surface area contributed by atoms with E-state index in [4.69, 9.17) is 9.47 Å². The quantitative estimate of drug-likeness (QED) is 0.507. The van der Waals surface area contributed by atoms with Gasteiger partial charge in [-0.1, -0.05) is 11.8 Å². The van der Waals surface area contributed by atoms with Gasteiger partial charge in [-0.05, 0) is 63.1 Å². The molecule has 1 aliphatic heterocycles. The first-order valence-electron chi connectivity index (χ1n) is 11.1. The zero-order valence-corrected chi connectivity index (χ0v) is 21.2. The highest BCUT2D eigenvalue weighted by molar-refractivity contribution is 8.14. The average molecular weight is 521 g/mol. The number of hydrogen-bond donors (Lipinski definition) is 3. The predicted octanol–water partition coefficient (Wildman–Crippen LogP) is 2.76. The van der Waals surface area contributed by atoms with Crippen LogP contribution in [0.25, 0.3) is 0 Å². The van der Waals surface area contributed by atoms with Crippen LogP contribution in [0.3, 0.4) is 0 Å². The average Bonchev–Trinajstić information content (AvgIpc) is 3.32. The summed E-state index contributed by atoms with van der Waals surface area (Å²) >= 11 is 1.45. The van der Waals surface area contributed by atoms with Crippen LogP contribution >= 0.6 is 11.8 Å². The van der Waals surface area contributed by atoms with Gasteiger partial charge in [0.05, 0.1) is 23.1 Å². The third kappa shape index (κ3) is 5.97. The molecule has 1 amide bonds. The van der Waals surface area contributed by atoms with Gasteiger partial charge in [-0.2, -0.15) is 0 Å². The minimum Gasteiger partial charge on any atom is -0.488 e. The van der Waals surface area contributed by atoms with Crippen LogP contribution in [0.2, 0.25) is 0 Å². The molecule has 4 atom stereocenters. The van der Waals surface area contributed by atoms with Gasteiger partial charge in [0.2, 0.25) is 0 Å². The van der Waals surface area contributed by atoms with Gasteiger partial charge in [-0.15, -0.1) is 0 Å². The lowest BCUT2D eigenvalue weighted by Gasteiger charge is -2.21. The summed E-state index contributed by atoms with van der Waals surface area (Å²) < 4.78 is 34.9. The van der Waals surface area contributed by atoms with Crippen LogP contribution in [0.15, 0.2) is 52.4 Å². The van der Waals surface area contributed by atoms with Crippen LogP contribution in [-0.2, 0) is 9.84 Å². The number of aliphatic hydroxyl groups is 2. The minimum absolute atomic E-state index is 0.133. The maximum absolute atomic E-state index is 13.1. The molecule has 9 nitrogen and oxygen atoms in total. The van der Waals surface area contributed by atoms with Crippen molar-refractivity contribution in [3.05, 3.63) is 48.0 Å². The van der Waals surface area contributed by atoms with E-state index in [0.717, 1.165) is 12.7 Å². The van der Waals surface area contributed by atoms with Gasteiger partial charge in [0.15, 0.2) is 15.0 Å². The monoisotopic (exact) mass is 520 g/mol. The van der Waals surface area contributed by atoms with Crippen LogP contribution in [0.4, 0.5) is 0 Å². The van der Waals surface area contributed by atoms with E-state index in [9.17, 15) is 23.4 Å². The van der Waals surface area contributed by atoms with E-state index in [1.54, 1.807) is 19.9 Å². The predicted molar refractivity (Wildman–Crippen MR) is 133 cm³/mol. The van der Waals surface area contributed by atoms with Crippen molar-refractivity contribution in [3.8, 4) is 17.2 Å². The lowest BCUT2D eigenvalue weighted by atomic mass is 10.0. The molecule has 0 radical (unpaired) electrons. The SMILES string of the molecule is CC(CO)Oc1cc(Oc2ccc(S(C)(=O)=O)cc2)cc(C(=O)NC2=NC3C(CCC3(C)O)S2)c1. The number of nitrogens with zero attached hydrogens (tertiary/aromatic N) is 1. The highest BCUT2D eigenvalue weighted by Crippen LogP contribution is 2.43. The van der Waals surface area contributed by atoms with Gasteiger partial charge >= 0.3 is 0 Å². The summed E-state index contributed by atoms with van der Waals surface area (Å²) in [6.07, 6.45) is 2.11. The molecule has 188 valence electrons. The number of amides is 1. The molecule has 11 heteroatoms. The summed E-state index contributed by atoms with van der Waals surface area (Å²) in [4.78, 5) is 17.7. The lowest BCUT2D eigenvalue weighted by molar-refractivity contribution is 0.0537. The molecule has 0 bridgehead atoms. The first-order valence-corrected chi connectivity index (χ1v) is 13.9. The molecular formula is C24H28N2O7S2. The number of fused-ring (bicyclic) bond motifs is 1. The molecule has 2 aromatic rings. The topological polar surface area (TPSA) is 135 Å². The molecule has 3 N–H and O–H groups in total. The molecule has 4 rings (SSSR count). The Morgan fingerprint density at radius 1 is 1.23 bits per heavy atom. The molecule has 0 spiro atoms. The number of carbonyl (C=O) groups excluding carboxylic acids is 1. The Morgan fingerprint density at radius 2 is 1.91 bits per heavy atom. The van der Waals surface area contributed by atoms with E-state index in [1.807, 2.05) is 0 Å². The number of ether oxygens (including phenoxy) is 2. The van der Waals surface area contributed by atoms with Gasteiger partial charge < -0.3 is 25.0 Å². The van der Waals surface area contributed by atoms with Crippen molar-refractivity contribution in [2.75, 3.05) is 12.9 Å². The highest BCUT2D eigenvalue weighted by atomic mass is 32.2. The molecule has 35 heavy (non-hydrogen) atoms. The Kier molecular flexibility index (Phi) is 7.14. The van der Waals surface area contributed by atoms with E-state index in [-0.39, 0.29) is 28.4 Å². The summed E-state index contributed by atoms with van der Waals surface area (Å²) in [5.41, 5.74) is -0.631. The Bertz CT molecular complexity index is 1240. The third-order valence-electron chi connectivity index (χ3n) is 5.89. The number of amidine groups is 1. The summed E-state index contributed by atoms with van der Waals surface area (Å²) in [5.74, 6) is 0.575. The number of nitrogens with one attached hydrogen (secondary N) is 1. The molecule has 1 saturated carbocycles. The Labute approximate surface area is 208 Å². The molecule has 2 aromatic carbocycles. The molecule has 0 saturated heterocycles. The summed E-state index contributed by atoms with van der Waals surface area (Å²) in [6, 6.07) is 10.3. The van der Waals surface area contributed by atoms with E-state index in [1.165, 1.54) is 48.2 Å². The second-order valence-corrected chi connectivity index (χ2v) is 12.3. The fraction of sp³-hybridized carbons (Fsp3) is 0.417. The van der Waals surface area contributed by atoms with Crippen molar-refractivity contribution in [1.29, 1.82) is 0 Å². The highest BCUT2D eigenvalue weighted by Gasteiger charge is 2.48. The van der Waals surface area contributed by atoms with E-state index < -0.39 is 27.4 Å². The van der Waals surface area contributed by atoms with Gasteiger partial charge in [0, 0.05) is 23.1 Å². The van der Waals surface area contributed by atoms with Crippen molar-refractivity contribution in [3.63, 3.8) is 0 Å². The Hall–Kier alpha value is -2.60. The van der Waals surface area contributed by atoms with Crippen LogP contribution in [0, 0.1) is 0 Å². The van der Waals surface area contributed by atoms with Gasteiger partial charge in [0.25, 0.3) is 5.91 Å². The number of rotatable bonds is 7. The number of thioether (sulfide) groups is 1. The second kappa shape index (κ2) is 9.81. The standard InChI is InChI=1S/C24H28N2O7S2/c1-14(13-27)32-17-10-15(22(28)26-23-25-21-20(34-23)8-9-24(21,2)29)11-18(12-17)33-16-4-6-19(7-5-16)35(3,30)31/h4-7,10-12,14,20-21,27,29H,8-9,13H2,1-3H3,(H,25,26,28). The van der Waals surface area contributed by atoms with Crippen molar-refractivity contribution in [2.45, 2.75) is 54.6 Å². The number of carbonyl (C=O) groups is 1. The van der Waals surface area contributed by atoms with E-state index in [0.29, 0.717) is 28.8 Å². The molecule has 1 heterocycles. The molecule has 1 fully saturated rings. The number of aliphatic imine (C=N–C) groups is 1. The number of aliphatic hydroxyl groups excluding tert-OH is 1. The summed E-state index contributed by atoms with van der Waals surface area (Å²) in [6.45, 7) is 3.24. The molecular weight excluding hydrogens is 492 g/mol. The van der Waals surface area contributed by atoms with E-state index in [2.05, 4.69) is 10.3 Å². The maximum atomic E-state index is 13.1. The number of sulfone groups is 1. The van der Waals surface area contributed by atoms with Gasteiger partial charge in [-0.3, -0.25) is 9.79 Å². The summed E-state index contributed by atoms with van der Waals surface area (Å²) in [7, 11) is -3.34. The first kappa shape index (κ1) is 25.5. The Morgan fingerprint density at radius 3 is 2.54 bits per heavy atom. The smallest absolute Gasteiger partial charge is 0.257 e. The molecule has 0 aromatic heterocycles. The molecule has 1 aliphatic carbocycles. The zero-order chi connectivity index (χ0) is 25.4. The largest absolute Gasteiger partial charge is 0.488 e. The van der Waals surface area contributed by atoms with Crippen LogP contribution < -0.4 is 14.8 Å². The third-order valence-corrected chi connectivity index (χ3v) is 8.24. The fourth-order valence-corrected chi connectivity index (χ4v) is 5.97. The first-order chi connectivity index (χ1) is 16.4. The fourth-order valence-electron chi connectivity index (χ4n) is 4.01. The molecule has 4 unspecified atom stereocenters. The zero-order valence-electron chi connectivity index (χ0n) is 19.6. The van der Waals surface area contributed by atoms with Crippen LogP contribution in [0.1, 0.15) is 37.0 Å². The van der Waals surface area contributed by atoms with Crippen molar-refractivity contribution < 1.29 is 32.9 Å². The van der Waals surface area contributed by atoms with Gasteiger partial charge in [0.1, 0.15) is 23.4 Å². The molecule has 2 aliphatic rings. The van der Waals surface area contributed by atoms with Crippen molar-refractivity contribution in [1.82, 2.24) is 5.32 Å². The lowest BCUT2D eigenvalue weighted by Crippen LogP contribution is -2.35. The van der Waals surface area contributed by atoms with Crippen LogP contribution in [0.5, 0.6) is 17.2 Å². The maximum Gasteiger partial charge on any atom is 0.257 e. The van der Waals surface area contributed by atoms with Crippen molar-refractivity contribution >= 4 is 32.7 Å². The second-order valence-electron chi connectivity index (χ2n) is 9.04. The Balaban J connectivity index is 1.56. The normalized spacial score (nSPS) is 24.4. The number of hydrogen-bond acceptors (Lipinski definition) is 9. The summed E-state index contributed by atoms with van der Waals surface area (Å²) in [5, 5.41) is 23.3.